The van der Waals surface area contributed by atoms with Crippen LogP contribution >= 0.6 is 0 Å². The Balaban J connectivity index is 1.22. The van der Waals surface area contributed by atoms with Crippen LogP contribution in [0.15, 0.2) is 114 Å². The largest absolute Gasteiger partial charge is 0.497 e. The molecule has 8 rings (SSSR count). The number of sulfonamides is 1. The zero-order valence-corrected chi connectivity index (χ0v) is 46.9. The van der Waals surface area contributed by atoms with Crippen LogP contribution in [0.1, 0.15) is 114 Å². The number of rotatable bonds is 18. The number of ether oxygens (including phenoxy) is 5. The van der Waals surface area contributed by atoms with E-state index in [2.05, 4.69) is 22.7 Å². The molecule has 2 amide bonds. The van der Waals surface area contributed by atoms with Gasteiger partial charge in [0.1, 0.15) is 28.5 Å². The number of piperidine rings is 1. The van der Waals surface area contributed by atoms with Crippen LogP contribution in [0.2, 0.25) is 0 Å². The van der Waals surface area contributed by atoms with Gasteiger partial charge in [-0.1, -0.05) is 72.8 Å². The van der Waals surface area contributed by atoms with Crippen molar-refractivity contribution in [1.29, 1.82) is 0 Å². The summed E-state index contributed by atoms with van der Waals surface area (Å²) in [6, 6.07) is 34.8. The topological polar surface area (TPSA) is 177 Å². The number of nitrogens with zero attached hydrogens (tertiary/aromatic N) is 6. The van der Waals surface area contributed by atoms with Gasteiger partial charge in [-0.05, 0) is 185 Å². The summed E-state index contributed by atoms with van der Waals surface area (Å²) in [7, 11) is 0.391. The SMILES string of the molecule is COc1ccc(CN(Cc2ccc(OC)cc2)S(=O)(=O)c2c(C[C@H]3CC[C@H](CNC(=O)OC(C)(C)C)CC3)ccc(-c3ccc(C4CCN(C(=O)OC(C)(C)C)CC4)cc3)c2-c2nnn(Cc3ccc(OC)cc3)n2)cc1. The molecular weight excluding hydrogens is 995 g/mol. The van der Waals surface area contributed by atoms with Gasteiger partial charge >= 0.3 is 12.2 Å². The van der Waals surface area contributed by atoms with Crippen LogP contribution in [0.3, 0.4) is 0 Å². The van der Waals surface area contributed by atoms with Crippen LogP contribution in [0.25, 0.3) is 22.5 Å². The number of hydrogen-bond acceptors (Lipinski definition) is 12. The van der Waals surface area contributed by atoms with Crippen molar-refractivity contribution in [3.8, 4) is 39.8 Å². The second-order valence-electron chi connectivity index (χ2n) is 22.3. The third-order valence-electron chi connectivity index (χ3n) is 14.3. The number of likely N-dealkylation sites (tertiary alicyclic amines) is 1. The van der Waals surface area contributed by atoms with E-state index >= 15 is 8.42 Å². The Hall–Kier alpha value is -6.98. The summed E-state index contributed by atoms with van der Waals surface area (Å²) in [5, 5.41) is 17.2. The third-order valence-corrected chi connectivity index (χ3v) is 16.2. The fraction of sp³-hybridized carbons (Fsp3) is 0.450. The molecule has 6 aromatic rings. The fourth-order valence-corrected chi connectivity index (χ4v) is 12.1. The summed E-state index contributed by atoms with van der Waals surface area (Å²) in [6.07, 6.45) is 4.72. The lowest BCUT2D eigenvalue weighted by Gasteiger charge is -2.33. The molecule has 1 aliphatic carbocycles. The lowest BCUT2D eigenvalue weighted by atomic mass is 9.79. The van der Waals surface area contributed by atoms with Gasteiger partial charge in [0.2, 0.25) is 15.8 Å². The minimum atomic E-state index is -4.43. The zero-order chi connectivity index (χ0) is 54.9. The van der Waals surface area contributed by atoms with Crippen LogP contribution < -0.4 is 19.5 Å². The van der Waals surface area contributed by atoms with Crippen molar-refractivity contribution in [3.63, 3.8) is 0 Å². The summed E-state index contributed by atoms with van der Waals surface area (Å²) in [5.41, 5.74) is 4.89. The van der Waals surface area contributed by atoms with Crippen molar-refractivity contribution in [2.75, 3.05) is 41.0 Å². The van der Waals surface area contributed by atoms with Crippen molar-refractivity contribution in [2.45, 2.75) is 128 Å². The highest BCUT2D eigenvalue weighted by atomic mass is 32.2. The van der Waals surface area contributed by atoms with Gasteiger partial charge in [-0.3, -0.25) is 0 Å². The molecule has 1 saturated carbocycles. The second-order valence-corrected chi connectivity index (χ2v) is 24.1. The maximum absolute atomic E-state index is 16.4. The molecule has 16 nitrogen and oxygen atoms in total. The highest BCUT2D eigenvalue weighted by Crippen LogP contribution is 2.43. The number of nitrogens with one attached hydrogen (secondary N) is 1. The van der Waals surface area contributed by atoms with E-state index in [1.54, 1.807) is 26.2 Å². The quantitative estimate of drug-likeness (QED) is 0.0863. The van der Waals surface area contributed by atoms with Gasteiger partial charge in [0, 0.05) is 32.7 Å². The normalized spacial score (nSPS) is 16.5. The Kier molecular flexibility index (Phi) is 17.9. The number of tetrazole rings is 1. The van der Waals surface area contributed by atoms with E-state index in [0.717, 1.165) is 66.3 Å². The van der Waals surface area contributed by atoms with Crippen molar-refractivity contribution in [1.82, 2.24) is 34.7 Å². The van der Waals surface area contributed by atoms with Gasteiger partial charge in [-0.15, -0.1) is 10.2 Å². The maximum atomic E-state index is 16.4. The van der Waals surface area contributed by atoms with Gasteiger partial charge in [-0.2, -0.15) is 9.10 Å². The predicted octanol–water partition coefficient (Wildman–Crippen LogP) is 11.5. The average molecular weight is 1070 g/mol. The number of aromatic nitrogens is 4. The maximum Gasteiger partial charge on any atom is 0.410 e. The first-order chi connectivity index (χ1) is 36.8. The first-order valence-electron chi connectivity index (χ1n) is 26.7. The molecule has 0 bridgehead atoms. The number of alkyl carbamates (subject to hydrolysis) is 1. The average Bonchev–Trinajstić information content (AvgIpc) is 3.88. The van der Waals surface area contributed by atoms with Crippen molar-refractivity contribution < 1.29 is 41.7 Å². The highest BCUT2D eigenvalue weighted by molar-refractivity contribution is 7.89. The van der Waals surface area contributed by atoms with E-state index < -0.39 is 27.3 Å². The summed E-state index contributed by atoms with van der Waals surface area (Å²) < 4.78 is 61.9. The van der Waals surface area contributed by atoms with E-state index in [1.807, 2.05) is 139 Å². The molecule has 0 spiro atoms. The molecule has 2 aliphatic rings. The van der Waals surface area contributed by atoms with E-state index in [4.69, 9.17) is 33.9 Å². The smallest absolute Gasteiger partial charge is 0.410 e. The lowest BCUT2D eigenvalue weighted by molar-refractivity contribution is 0.0204. The number of benzene rings is 5. The predicted molar refractivity (Wildman–Crippen MR) is 296 cm³/mol. The molecule has 1 saturated heterocycles. The molecule has 2 fully saturated rings. The molecule has 0 atom stereocenters. The molecule has 5 aromatic carbocycles. The highest BCUT2D eigenvalue weighted by Gasteiger charge is 2.36. The van der Waals surface area contributed by atoms with Crippen molar-refractivity contribution in [3.05, 3.63) is 137 Å². The van der Waals surface area contributed by atoms with E-state index in [9.17, 15) is 9.59 Å². The Labute approximate surface area is 454 Å². The first kappa shape index (κ1) is 56.2. The fourth-order valence-electron chi connectivity index (χ4n) is 10.2. The Morgan fingerprint density at radius 2 is 1.17 bits per heavy atom. The molecule has 1 aromatic heterocycles. The summed E-state index contributed by atoms with van der Waals surface area (Å²) in [4.78, 5) is 28.9. The Morgan fingerprint density at radius 1 is 0.649 bits per heavy atom. The molecule has 1 aliphatic heterocycles. The molecule has 77 heavy (non-hydrogen) atoms. The summed E-state index contributed by atoms with van der Waals surface area (Å²) in [5.74, 6) is 2.84. The standard InChI is InChI=1S/C60H75N7O9S/c1-59(2,3)75-57(68)61-37-42-12-10-41(11-13-42)36-49-24-31-53(48-22-20-46(21-23-48)47-32-34-65(35-33-47)58(69)76-60(4,5)6)54(56-62-64-67(63-56)40-45-18-29-52(74-9)30-19-45)55(49)77(70,71)66(38-43-14-25-50(72-7)26-15-43)39-44-16-27-51(73-8)28-17-44/h14-31,41-42,47H,10-13,32-40H2,1-9H3,(H,61,68)/t41-,42-. The van der Waals surface area contributed by atoms with Crippen LogP contribution in [-0.2, 0) is 45.6 Å². The van der Waals surface area contributed by atoms with Crippen molar-refractivity contribution >= 4 is 22.2 Å². The molecule has 17 heteroatoms. The summed E-state index contributed by atoms with van der Waals surface area (Å²) in [6.45, 7) is 13.2. The number of amides is 2. The van der Waals surface area contributed by atoms with E-state index in [1.165, 1.54) is 9.10 Å². The van der Waals surface area contributed by atoms with Crippen LogP contribution in [-0.4, -0.2) is 102 Å². The number of carbonyl (C=O) groups is 2. The van der Waals surface area contributed by atoms with Gasteiger partial charge in [-0.25, -0.2) is 18.0 Å². The van der Waals surface area contributed by atoms with Crippen LogP contribution in [0.5, 0.6) is 17.2 Å². The Morgan fingerprint density at radius 3 is 1.69 bits per heavy atom. The van der Waals surface area contributed by atoms with Crippen LogP contribution in [0, 0.1) is 11.8 Å². The van der Waals surface area contributed by atoms with E-state index in [0.29, 0.717) is 60.0 Å². The minimum Gasteiger partial charge on any atom is -0.497 e. The molecule has 2 heterocycles. The van der Waals surface area contributed by atoms with Crippen LogP contribution in [0.4, 0.5) is 9.59 Å². The molecule has 1 N–H and O–H groups in total. The first-order valence-corrected chi connectivity index (χ1v) is 28.1. The summed E-state index contributed by atoms with van der Waals surface area (Å²) >= 11 is 0. The van der Waals surface area contributed by atoms with Gasteiger partial charge < -0.3 is 33.9 Å². The molecule has 0 radical (unpaired) electrons. The van der Waals surface area contributed by atoms with E-state index in [-0.39, 0.29) is 54.2 Å². The molecule has 410 valence electrons. The molecular formula is C60H75N7O9S. The van der Waals surface area contributed by atoms with Gasteiger partial charge in [0.25, 0.3) is 0 Å². The van der Waals surface area contributed by atoms with Crippen molar-refractivity contribution in [2.24, 2.45) is 11.8 Å². The molecule has 0 unspecified atom stereocenters. The number of carbonyl (C=O) groups excluding carboxylic acids is 2. The lowest BCUT2D eigenvalue weighted by Crippen LogP contribution is -2.41. The zero-order valence-electron chi connectivity index (χ0n) is 46.1. The second kappa shape index (κ2) is 24.6. The van der Waals surface area contributed by atoms with Gasteiger partial charge in [0.15, 0.2) is 0 Å². The monoisotopic (exact) mass is 1070 g/mol. The van der Waals surface area contributed by atoms with Gasteiger partial charge in [0.05, 0.1) is 38.3 Å². The number of hydrogen-bond donors (Lipinski definition) is 1. The minimum absolute atomic E-state index is 0.0518. The Bertz CT molecular complexity index is 2980. The number of methoxy groups -OCH3 is 3. The third kappa shape index (κ3) is 14.9.